The molecule has 2 aromatic carbocycles. The molecule has 0 heterocycles. The number of hydrogen-bond donors (Lipinski definition) is 2. The predicted octanol–water partition coefficient (Wildman–Crippen LogP) is 4.90. The normalized spacial score (nSPS) is 10.4. The summed E-state index contributed by atoms with van der Waals surface area (Å²) in [5.41, 5.74) is 1.07. The molecule has 0 aliphatic heterocycles. The molecule has 5 nitrogen and oxygen atoms in total. The fourth-order valence-corrected chi connectivity index (χ4v) is 2.73. The first-order valence-electron chi connectivity index (χ1n) is 8.58. The number of ether oxygens (including phenoxy) is 2. The predicted molar refractivity (Wildman–Crippen MR) is 113 cm³/mol. The molecule has 0 atom stereocenters. The highest BCUT2D eigenvalue weighted by atomic mass is 35.5. The van der Waals surface area contributed by atoms with Crippen molar-refractivity contribution in [3.8, 4) is 11.5 Å². The van der Waals surface area contributed by atoms with Gasteiger partial charge in [-0.2, -0.15) is 0 Å². The summed E-state index contributed by atoms with van der Waals surface area (Å²) in [5, 5.41) is 6.20. The Hall–Kier alpha value is -2.31. The zero-order valence-electron chi connectivity index (χ0n) is 15.5. The molecular formula is C20H23ClN2O3S. The van der Waals surface area contributed by atoms with E-state index in [1.54, 1.807) is 43.5 Å². The number of rotatable bonds is 7. The summed E-state index contributed by atoms with van der Waals surface area (Å²) in [5.74, 6) is 1.28. The number of methoxy groups -OCH3 is 1. The zero-order chi connectivity index (χ0) is 19.8. The standard InChI is InChI=1S/C20H23ClN2O3S/c1-13(2)10-11-26-17-7-5-4-6-15(17)19(24)23-20(27)22-14-8-9-18(25-3)16(21)12-14/h4-9,12-13H,10-11H2,1-3H3,(H2,22,23,24,27). The Labute approximate surface area is 170 Å². The number of carbonyl (C=O) groups is 1. The molecule has 0 unspecified atom stereocenters. The van der Waals surface area contributed by atoms with Gasteiger partial charge in [-0.3, -0.25) is 10.1 Å². The van der Waals surface area contributed by atoms with E-state index in [2.05, 4.69) is 24.5 Å². The van der Waals surface area contributed by atoms with Gasteiger partial charge in [-0.25, -0.2) is 0 Å². The average Bonchev–Trinajstić information content (AvgIpc) is 2.62. The van der Waals surface area contributed by atoms with Crippen molar-refractivity contribution in [2.75, 3.05) is 19.0 Å². The molecule has 0 aromatic heterocycles. The lowest BCUT2D eigenvalue weighted by atomic mass is 10.1. The van der Waals surface area contributed by atoms with Gasteiger partial charge >= 0.3 is 0 Å². The SMILES string of the molecule is COc1ccc(NC(=S)NC(=O)c2ccccc2OCCC(C)C)cc1Cl. The van der Waals surface area contributed by atoms with Crippen LogP contribution in [0.1, 0.15) is 30.6 Å². The minimum Gasteiger partial charge on any atom is -0.495 e. The minimum absolute atomic E-state index is 0.165. The van der Waals surface area contributed by atoms with Crippen molar-refractivity contribution in [1.82, 2.24) is 5.32 Å². The number of benzene rings is 2. The molecule has 0 spiro atoms. The maximum atomic E-state index is 12.6. The van der Waals surface area contributed by atoms with Crippen LogP contribution in [-0.2, 0) is 0 Å². The summed E-state index contributed by atoms with van der Waals surface area (Å²) in [6, 6.07) is 12.2. The van der Waals surface area contributed by atoms with Crippen molar-refractivity contribution >= 4 is 40.5 Å². The number of hydrogen-bond acceptors (Lipinski definition) is 4. The Morgan fingerprint density at radius 1 is 1.19 bits per heavy atom. The molecule has 7 heteroatoms. The zero-order valence-corrected chi connectivity index (χ0v) is 17.1. The number of amides is 1. The van der Waals surface area contributed by atoms with Gasteiger partial charge in [0.25, 0.3) is 5.91 Å². The summed E-state index contributed by atoms with van der Waals surface area (Å²) in [7, 11) is 1.54. The first kappa shape index (κ1) is 21.0. The molecule has 0 aliphatic carbocycles. The van der Waals surface area contributed by atoms with E-state index < -0.39 is 0 Å². The Balaban J connectivity index is 2.00. The third-order valence-corrected chi connectivity index (χ3v) is 4.22. The molecule has 0 saturated carbocycles. The highest BCUT2D eigenvalue weighted by molar-refractivity contribution is 7.80. The molecule has 0 bridgehead atoms. The quantitative estimate of drug-likeness (QED) is 0.640. The van der Waals surface area contributed by atoms with Crippen LogP contribution in [0, 0.1) is 5.92 Å². The van der Waals surface area contributed by atoms with Gasteiger partial charge in [0.2, 0.25) is 0 Å². The maximum absolute atomic E-state index is 12.6. The van der Waals surface area contributed by atoms with E-state index in [0.29, 0.717) is 40.3 Å². The topological polar surface area (TPSA) is 59.6 Å². The van der Waals surface area contributed by atoms with E-state index in [1.807, 2.05) is 6.07 Å². The lowest BCUT2D eigenvalue weighted by Gasteiger charge is -2.14. The first-order chi connectivity index (χ1) is 12.9. The van der Waals surface area contributed by atoms with Crippen LogP contribution in [0.3, 0.4) is 0 Å². The Morgan fingerprint density at radius 2 is 1.93 bits per heavy atom. The molecule has 2 rings (SSSR count). The molecule has 1 amide bonds. The fraction of sp³-hybridized carbons (Fsp3) is 0.300. The lowest BCUT2D eigenvalue weighted by Crippen LogP contribution is -2.34. The molecule has 2 aromatic rings. The summed E-state index contributed by atoms with van der Waals surface area (Å²) in [4.78, 5) is 12.6. The van der Waals surface area contributed by atoms with Gasteiger partial charge in [-0.05, 0) is 54.9 Å². The van der Waals surface area contributed by atoms with Crippen LogP contribution in [0.2, 0.25) is 5.02 Å². The lowest BCUT2D eigenvalue weighted by molar-refractivity contribution is 0.0973. The second kappa shape index (κ2) is 10.1. The highest BCUT2D eigenvalue weighted by Crippen LogP contribution is 2.27. The number of halogens is 1. The molecular weight excluding hydrogens is 384 g/mol. The van der Waals surface area contributed by atoms with Gasteiger partial charge in [0.15, 0.2) is 5.11 Å². The van der Waals surface area contributed by atoms with E-state index in [1.165, 1.54) is 0 Å². The number of thiocarbonyl (C=S) groups is 1. The van der Waals surface area contributed by atoms with Crippen LogP contribution in [0.5, 0.6) is 11.5 Å². The van der Waals surface area contributed by atoms with Gasteiger partial charge in [-0.1, -0.05) is 37.6 Å². The number of carbonyl (C=O) groups excluding carboxylic acids is 1. The van der Waals surface area contributed by atoms with Crippen molar-refractivity contribution in [2.24, 2.45) is 5.92 Å². The van der Waals surface area contributed by atoms with Crippen molar-refractivity contribution in [3.05, 3.63) is 53.1 Å². The van der Waals surface area contributed by atoms with Gasteiger partial charge in [0.05, 0.1) is 24.3 Å². The van der Waals surface area contributed by atoms with Crippen molar-refractivity contribution < 1.29 is 14.3 Å². The van der Waals surface area contributed by atoms with Crippen molar-refractivity contribution in [1.29, 1.82) is 0 Å². The second-order valence-corrected chi connectivity index (χ2v) is 7.10. The smallest absolute Gasteiger partial charge is 0.261 e. The van der Waals surface area contributed by atoms with Crippen molar-refractivity contribution in [2.45, 2.75) is 20.3 Å². The molecule has 0 radical (unpaired) electrons. The van der Waals surface area contributed by atoms with E-state index in [4.69, 9.17) is 33.3 Å². The number of nitrogens with one attached hydrogen (secondary N) is 2. The van der Waals surface area contributed by atoms with Crippen LogP contribution >= 0.6 is 23.8 Å². The van der Waals surface area contributed by atoms with Gasteiger partial charge in [-0.15, -0.1) is 0 Å². The molecule has 144 valence electrons. The Morgan fingerprint density at radius 3 is 2.59 bits per heavy atom. The van der Waals surface area contributed by atoms with Crippen LogP contribution in [0.25, 0.3) is 0 Å². The minimum atomic E-state index is -0.341. The average molecular weight is 407 g/mol. The third-order valence-electron chi connectivity index (χ3n) is 3.72. The Kier molecular flexibility index (Phi) is 7.88. The molecule has 0 aliphatic rings. The first-order valence-corrected chi connectivity index (χ1v) is 9.37. The van der Waals surface area contributed by atoms with E-state index in [9.17, 15) is 4.79 Å². The number of anilines is 1. The largest absolute Gasteiger partial charge is 0.495 e. The van der Waals surface area contributed by atoms with Gasteiger partial charge in [0, 0.05) is 5.69 Å². The monoisotopic (exact) mass is 406 g/mol. The van der Waals surface area contributed by atoms with Gasteiger partial charge < -0.3 is 14.8 Å². The summed E-state index contributed by atoms with van der Waals surface area (Å²) < 4.78 is 10.9. The fourth-order valence-electron chi connectivity index (χ4n) is 2.26. The summed E-state index contributed by atoms with van der Waals surface area (Å²) in [6.07, 6.45) is 0.911. The van der Waals surface area contributed by atoms with E-state index in [0.717, 1.165) is 6.42 Å². The summed E-state index contributed by atoms with van der Waals surface area (Å²) in [6.45, 7) is 4.80. The van der Waals surface area contributed by atoms with Crippen LogP contribution in [-0.4, -0.2) is 24.7 Å². The van der Waals surface area contributed by atoms with Crippen molar-refractivity contribution in [3.63, 3.8) is 0 Å². The molecule has 27 heavy (non-hydrogen) atoms. The molecule has 0 saturated heterocycles. The van der Waals surface area contributed by atoms with Crippen LogP contribution in [0.15, 0.2) is 42.5 Å². The second-order valence-electron chi connectivity index (χ2n) is 6.28. The van der Waals surface area contributed by atoms with Crippen LogP contribution < -0.4 is 20.1 Å². The molecule has 2 N–H and O–H groups in total. The van der Waals surface area contributed by atoms with Crippen LogP contribution in [0.4, 0.5) is 5.69 Å². The van der Waals surface area contributed by atoms with E-state index >= 15 is 0 Å². The Bertz CT molecular complexity index is 812. The van der Waals surface area contributed by atoms with E-state index in [-0.39, 0.29) is 11.0 Å². The molecule has 0 fully saturated rings. The highest BCUT2D eigenvalue weighted by Gasteiger charge is 2.14. The number of para-hydroxylation sites is 1. The maximum Gasteiger partial charge on any atom is 0.261 e. The van der Waals surface area contributed by atoms with Gasteiger partial charge in [0.1, 0.15) is 11.5 Å². The third kappa shape index (κ3) is 6.41. The summed E-state index contributed by atoms with van der Waals surface area (Å²) >= 11 is 11.3.